The van der Waals surface area contributed by atoms with Crippen molar-refractivity contribution in [3.63, 3.8) is 0 Å². The molecule has 0 radical (unpaired) electrons. The first-order chi connectivity index (χ1) is 7.72. The van der Waals surface area contributed by atoms with Crippen LogP contribution in [0.15, 0.2) is 0 Å². The summed E-state index contributed by atoms with van der Waals surface area (Å²) in [5.74, 6) is 0.555. The van der Waals surface area contributed by atoms with E-state index in [2.05, 4.69) is 17.1 Å². The van der Waals surface area contributed by atoms with Crippen molar-refractivity contribution in [1.29, 1.82) is 0 Å². The lowest BCUT2D eigenvalue weighted by molar-refractivity contribution is -0.118. The number of piperidine rings is 1. The highest BCUT2D eigenvalue weighted by Crippen LogP contribution is 2.15. The van der Waals surface area contributed by atoms with Crippen molar-refractivity contribution >= 4 is 5.91 Å². The van der Waals surface area contributed by atoms with Crippen molar-refractivity contribution in [2.75, 3.05) is 32.7 Å². The summed E-state index contributed by atoms with van der Waals surface area (Å²) in [5.41, 5.74) is 5.16. The molecule has 1 aliphatic heterocycles. The Labute approximate surface area is 98.6 Å². The fourth-order valence-corrected chi connectivity index (χ4v) is 2.27. The molecule has 0 aromatic heterocycles. The Kier molecular flexibility index (Phi) is 6.42. The van der Waals surface area contributed by atoms with Gasteiger partial charge in [0.2, 0.25) is 5.91 Å². The zero-order chi connectivity index (χ0) is 11.8. The summed E-state index contributed by atoms with van der Waals surface area (Å²) >= 11 is 0. The van der Waals surface area contributed by atoms with Gasteiger partial charge in [-0.3, -0.25) is 4.79 Å². The molecular formula is C12H25N3O. The summed E-state index contributed by atoms with van der Waals surface area (Å²) < 4.78 is 0. The first kappa shape index (κ1) is 13.5. The van der Waals surface area contributed by atoms with Crippen LogP contribution in [0.1, 0.15) is 32.6 Å². The molecule has 4 nitrogen and oxygen atoms in total. The molecule has 0 aliphatic carbocycles. The van der Waals surface area contributed by atoms with E-state index in [1.807, 2.05) is 0 Å². The maximum absolute atomic E-state index is 10.7. The van der Waals surface area contributed by atoms with E-state index in [9.17, 15) is 4.79 Å². The van der Waals surface area contributed by atoms with Crippen LogP contribution < -0.4 is 11.1 Å². The Morgan fingerprint density at radius 2 is 2.38 bits per heavy atom. The number of rotatable bonds is 7. The van der Waals surface area contributed by atoms with E-state index in [0.29, 0.717) is 6.42 Å². The highest BCUT2D eigenvalue weighted by molar-refractivity contribution is 5.73. The number of nitrogens with two attached hydrogens (primary N) is 1. The number of hydrogen-bond donors (Lipinski definition) is 2. The molecule has 1 rings (SSSR count). The molecule has 1 unspecified atom stereocenters. The average molecular weight is 227 g/mol. The summed E-state index contributed by atoms with van der Waals surface area (Å²) in [6, 6.07) is 0. The molecule has 1 atom stereocenters. The quantitative estimate of drug-likeness (QED) is 0.625. The average Bonchev–Trinajstić information content (AvgIpc) is 2.27. The van der Waals surface area contributed by atoms with Crippen LogP contribution in [-0.2, 0) is 4.79 Å². The van der Waals surface area contributed by atoms with Gasteiger partial charge < -0.3 is 16.0 Å². The van der Waals surface area contributed by atoms with Gasteiger partial charge in [0.25, 0.3) is 0 Å². The number of nitrogens with zero attached hydrogens (tertiary/aromatic N) is 1. The van der Waals surface area contributed by atoms with Crippen molar-refractivity contribution in [1.82, 2.24) is 10.2 Å². The third-order valence-electron chi connectivity index (χ3n) is 3.14. The standard InChI is InChI=1S/C12H25N3O/c1-2-6-14-9-11-4-3-7-15(10-11)8-5-12(13)16/h11,14H,2-10H2,1H3,(H2,13,16). The second-order valence-electron chi connectivity index (χ2n) is 4.73. The summed E-state index contributed by atoms with van der Waals surface area (Å²) in [6.07, 6.45) is 4.24. The first-order valence-electron chi connectivity index (χ1n) is 6.43. The fourth-order valence-electron chi connectivity index (χ4n) is 2.27. The molecule has 1 saturated heterocycles. The van der Waals surface area contributed by atoms with Gasteiger partial charge >= 0.3 is 0 Å². The number of carbonyl (C=O) groups excluding carboxylic acids is 1. The van der Waals surface area contributed by atoms with E-state index in [4.69, 9.17) is 5.73 Å². The largest absolute Gasteiger partial charge is 0.370 e. The molecule has 94 valence electrons. The van der Waals surface area contributed by atoms with Crippen LogP contribution in [0.3, 0.4) is 0 Å². The van der Waals surface area contributed by atoms with E-state index in [1.165, 1.54) is 19.3 Å². The fraction of sp³-hybridized carbons (Fsp3) is 0.917. The number of primary amides is 1. The SMILES string of the molecule is CCCNCC1CCCN(CCC(N)=O)C1. The van der Waals surface area contributed by atoms with Gasteiger partial charge in [0, 0.05) is 19.5 Å². The zero-order valence-corrected chi connectivity index (χ0v) is 10.4. The van der Waals surface area contributed by atoms with Crippen molar-refractivity contribution in [3.05, 3.63) is 0 Å². The monoisotopic (exact) mass is 227 g/mol. The highest BCUT2D eigenvalue weighted by Gasteiger charge is 2.19. The van der Waals surface area contributed by atoms with E-state index in [0.717, 1.165) is 38.6 Å². The van der Waals surface area contributed by atoms with Gasteiger partial charge in [0.05, 0.1) is 0 Å². The Hall–Kier alpha value is -0.610. The summed E-state index contributed by atoms with van der Waals surface area (Å²) in [7, 11) is 0. The maximum atomic E-state index is 10.7. The van der Waals surface area contributed by atoms with E-state index >= 15 is 0 Å². The minimum atomic E-state index is -0.189. The van der Waals surface area contributed by atoms with Gasteiger partial charge in [-0.2, -0.15) is 0 Å². The third kappa shape index (κ3) is 5.47. The number of amides is 1. The first-order valence-corrected chi connectivity index (χ1v) is 6.43. The van der Waals surface area contributed by atoms with Crippen LogP contribution in [0.2, 0.25) is 0 Å². The lowest BCUT2D eigenvalue weighted by atomic mass is 9.98. The zero-order valence-electron chi connectivity index (χ0n) is 10.4. The highest BCUT2D eigenvalue weighted by atomic mass is 16.1. The van der Waals surface area contributed by atoms with Crippen LogP contribution >= 0.6 is 0 Å². The Balaban J connectivity index is 2.16. The van der Waals surface area contributed by atoms with Gasteiger partial charge in [-0.1, -0.05) is 6.92 Å². The molecule has 3 N–H and O–H groups in total. The second-order valence-corrected chi connectivity index (χ2v) is 4.73. The van der Waals surface area contributed by atoms with Gasteiger partial charge in [0.15, 0.2) is 0 Å². The van der Waals surface area contributed by atoms with Gasteiger partial charge in [-0.05, 0) is 44.8 Å². The van der Waals surface area contributed by atoms with Crippen LogP contribution in [-0.4, -0.2) is 43.5 Å². The molecule has 1 fully saturated rings. The molecule has 4 heteroatoms. The van der Waals surface area contributed by atoms with Gasteiger partial charge in [0.1, 0.15) is 0 Å². The third-order valence-corrected chi connectivity index (χ3v) is 3.14. The van der Waals surface area contributed by atoms with E-state index in [-0.39, 0.29) is 5.91 Å². The molecule has 1 amide bonds. The predicted octanol–water partition coefficient (Wildman–Crippen LogP) is 0.573. The van der Waals surface area contributed by atoms with Gasteiger partial charge in [-0.15, -0.1) is 0 Å². The number of carbonyl (C=O) groups is 1. The Morgan fingerprint density at radius 3 is 3.06 bits per heavy atom. The van der Waals surface area contributed by atoms with Crippen LogP contribution in [0.4, 0.5) is 0 Å². The maximum Gasteiger partial charge on any atom is 0.218 e. The van der Waals surface area contributed by atoms with E-state index in [1.54, 1.807) is 0 Å². The summed E-state index contributed by atoms with van der Waals surface area (Å²) in [6.45, 7) is 7.48. The predicted molar refractivity (Wildman–Crippen MR) is 66.1 cm³/mol. The smallest absolute Gasteiger partial charge is 0.218 e. The summed E-state index contributed by atoms with van der Waals surface area (Å²) in [5, 5.41) is 3.47. The number of hydrogen-bond acceptors (Lipinski definition) is 3. The molecule has 0 aromatic carbocycles. The van der Waals surface area contributed by atoms with Crippen molar-refractivity contribution in [3.8, 4) is 0 Å². The minimum Gasteiger partial charge on any atom is -0.370 e. The number of nitrogens with one attached hydrogen (secondary N) is 1. The molecule has 0 aromatic rings. The Morgan fingerprint density at radius 1 is 1.56 bits per heavy atom. The molecule has 0 bridgehead atoms. The lowest BCUT2D eigenvalue weighted by Crippen LogP contribution is -2.41. The normalized spacial score (nSPS) is 22.2. The molecule has 1 aliphatic rings. The molecule has 1 heterocycles. The number of likely N-dealkylation sites (tertiary alicyclic amines) is 1. The van der Waals surface area contributed by atoms with Crippen LogP contribution in [0.25, 0.3) is 0 Å². The Bertz CT molecular complexity index is 208. The van der Waals surface area contributed by atoms with E-state index < -0.39 is 0 Å². The van der Waals surface area contributed by atoms with Crippen LogP contribution in [0, 0.1) is 5.92 Å². The summed E-state index contributed by atoms with van der Waals surface area (Å²) in [4.78, 5) is 13.1. The van der Waals surface area contributed by atoms with Crippen molar-refractivity contribution in [2.24, 2.45) is 11.7 Å². The van der Waals surface area contributed by atoms with Crippen LogP contribution in [0.5, 0.6) is 0 Å². The second kappa shape index (κ2) is 7.63. The molecule has 0 saturated carbocycles. The lowest BCUT2D eigenvalue weighted by Gasteiger charge is -2.32. The minimum absolute atomic E-state index is 0.189. The van der Waals surface area contributed by atoms with Gasteiger partial charge in [-0.25, -0.2) is 0 Å². The molecule has 0 spiro atoms. The van der Waals surface area contributed by atoms with Crippen molar-refractivity contribution in [2.45, 2.75) is 32.6 Å². The topological polar surface area (TPSA) is 58.4 Å². The molecule has 16 heavy (non-hydrogen) atoms. The molecular weight excluding hydrogens is 202 g/mol. The van der Waals surface area contributed by atoms with Crippen molar-refractivity contribution < 1.29 is 4.79 Å².